The lowest BCUT2D eigenvalue weighted by Gasteiger charge is -2.23. The van der Waals surface area contributed by atoms with Gasteiger partial charge in [-0.3, -0.25) is 4.90 Å². The van der Waals surface area contributed by atoms with Crippen LogP contribution in [0, 0.1) is 0 Å². The van der Waals surface area contributed by atoms with Crippen molar-refractivity contribution in [3.63, 3.8) is 0 Å². The molecule has 0 atom stereocenters. The Hall–Kier alpha value is -0.860. The molecule has 2 nitrogen and oxygen atoms in total. The standard InChI is InChI=1S/C18H30N2/c1-3-12-19-13-11-16-7-5-6-8-17(16)15-20(14-4-2)18-9-10-18/h5-8,18-19H,3-4,9-15H2,1-2H3. The third kappa shape index (κ3) is 4.92. The Morgan fingerprint density at radius 3 is 2.45 bits per heavy atom. The summed E-state index contributed by atoms with van der Waals surface area (Å²) in [5.41, 5.74) is 3.06. The van der Waals surface area contributed by atoms with Gasteiger partial charge in [0.1, 0.15) is 0 Å². The first kappa shape index (κ1) is 15.5. The van der Waals surface area contributed by atoms with Gasteiger partial charge in [0.25, 0.3) is 0 Å². The van der Waals surface area contributed by atoms with Gasteiger partial charge in [-0.05, 0) is 62.9 Å². The van der Waals surface area contributed by atoms with Gasteiger partial charge in [-0.2, -0.15) is 0 Å². The van der Waals surface area contributed by atoms with E-state index >= 15 is 0 Å². The second-order valence-corrected chi connectivity index (χ2v) is 5.97. The predicted octanol–water partition coefficient (Wildman–Crippen LogP) is 3.60. The van der Waals surface area contributed by atoms with E-state index in [4.69, 9.17) is 0 Å². The Kier molecular flexibility index (Phi) is 6.55. The van der Waals surface area contributed by atoms with Crippen LogP contribution in [0.5, 0.6) is 0 Å². The van der Waals surface area contributed by atoms with Crippen LogP contribution in [0.15, 0.2) is 24.3 Å². The van der Waals surface area contributed by atoms with Crippen molar-refractivity contribution >= 4 is 0 Å². The van der Waals surface area contributed by atoms with E-state index in [2.05, 4.69) is 48.3 Å². The molecule has 2 heteroatoms. The second-order valence-electron chi connectivity index (χ2n) is 5.97. The lowest BCUT2D eigenvalue weighted by atomic mass is 10.0. The Labute approximate surface area is 124 Å². The van der Waals surface area contributed by atoms with E-state index in [1.165, 1.54) is 43.4 Å². The van der Waals surface area contributed by atoms with Crippen LogP contribution in [-0.4, -0.2) is 30.6 Å². The molecule has 0 heterocycles. The maximum absolute atomic E-state index is 3.51. The Morgan fingerprint density at radius 1 is 1.05 bits per heavy atom. The van der Waals surface area contributed by atoms with Crippen LogP contribution in [0.1, 0.15) is 50.7 Å². The van der Waals surface area contributed by atoms with Crippen LogP contribution in [0.4, 0.5) is 0 Å². The minimum absolute atomic E-state index is 0.862. The molecule has 0 saturated heterocycles. The van der Waals surface area contributed by atoms with Crippen molar-refractivity contribution in [3.8, 4) is 0 Å². The largest absolute Gasteiger partial charge is 0.316 e. The van der Waals surface area contributed by atoms with Gasteiger partial charge in [0.2, 0.25) is 0 Å². The fraction of sp³-hybridized carbons (Fsp3) is 0.667. The van der Waals surface area contributed by atoms with Crippen LogP contribution >= 0.6 is 0 Å². The topological polar surface area (TPSA) is 15.3 Å². The zero-order chi connectivity index (χ0) is 14.2. The molecule has 0 spiro atoms. The first-order chi connectivity index (χ1) is 9.85. The van der Waals surface area contributed by atoms with Crippen molar-refractivity contribution in [1.82, 2.24) is 10.2 Å². The van der Waals surface area contributed by atoms with E-state index in [1.54, 1.807) is 0 Å². The van der Waals surface area contributed by atoms with Crippen molar-refractivity contribution in [1.29, 1.82) is 0 Å². The van der Waals surface area contributed by atoms with Crippen LogP contribution in [0.25, 0.3) is 0 Å². The average Bonchev–Trinajstić information content (AvgIpc) is 3.29. The van der Waals surface area contributed by atoms with Gasteiger partial charge in [0.15, 0.2) is 0 Å². The maximum atomic E-state index is 3.51. The van der Waals surface area contributed by atoms with Gasteiger partial charge in [0, 0.05) is 12.6 Å². The fourth-order valence-electron chi connectivity index (χ4n) is 2.82. The molecule has 0 amide bonds. The minimum atomic E-state index is 0.862. The first-order valence-corrected chi connectivity index (χ1v) is 8.36. The minimum Gasteiger partial charge on any atom is -0.316 e. The van der Waals surface area contributed by atoms with E-state index < -0.39 is 0 Å². The molecule has 112 valence electrons. The fourth-order valence-corrected chi connectivity index (χ4v) is 2.82. The lowest BCUT2D eigenvalue weighted by molar-refractivity contribution is 0.254. The van der Waals surface area contributed by atoms with Crippen LogP contribution in [0.2, 0.25) is 0 Å². The molecule has 1 saturated carbocycles. The molecule has 0 radical (unpaired) electrons. The molecule has 1 aliphatic rings. The van der Waals surface area contributed by atoms with Gasteiger partial charge in [-0.15, -0.1) is 0 Å². The molecule has 0 aliphatic heterocycles. The molecule has 0 unspecified atom stereocenters. The number of hydrogen-bond acceptors (Lipinski definition) is 2. The smallest absolute Gasteiger partial charge is 0.0239 e. The number of benzene rings is 1. The van der Waals surface area contributed by atoms with E-state index in [-0.39, 0.29) is 0 Å². The number of rotatable bonds is 10. The van der Waals surface area contributed by atoms with Gasteiger partial charge in [-0.25, -0.2) is 0 Å². The van der Waals surface area contributed by atoms with Crippen LogP contribution in [-0.2, 0) is 13.0 Å². The van der Waals surface area contributed by atoms with E-state index in [0.29, 0.717) is 0 Å². The summed E-state index contributed by atoms with van der Waals surface area (Å²) < 4.78 is 0. The molecule has 1 aliphatic carbocycles. The highest BCUT2D eigenvalue weighted by Crippen LogP contribution is 2.29. The number of hydrogen-bond donors (Lipinski definition) is 1. The summed E-state index contributed by atoms with van der Waals surface area (Å²) in [6.07, 6.45) is 6.44. The molecule has 1 aromatic carbocycles. The summed E-state index contributed by atoms with van der Waals surface area (Å²) in [5.74, 6) is 0. The quantitative estimate of drug-likeness (QED) is 0.656. The lowest BCUT2D eigenvalue weighted by Crippen LogP contribution is -2.27. The molecular weight excluding hydrogens is 244 g/mol. The van der Waals surface area contributed by atoms with Crippen molar-refractivity contribution in [2.75, 3.05) is 19.6 Å². The Morgan fingerprint density at radius 2 is 1.80 bits per heavy atom. The molecule has 0 aromatic heterocycles. The van der Waals surface area contributed by atoms with Gasteiger partial charge < -0.3 is 5.32 Å². The molecule has 1 fully saturated rings. The Balaban J connectivity index is 1.91. The molecule has 1 N–H and O–H groups in total. The molecular formula is C18H30N2. The van der Waals surface area contributed by atoms with E-state index in [9.17, 15) is 0 Å². The highest BCUT2D eigenvalue weighted by molar-refractivity contribution is 5.27. The normalized spacial score (nSPS) is 14.9. The maximum Gasteiger partial charge on any atom is 0.0239 e. The van der Waals surface area contributed by atoms with Gasteiger partial charge in [-0.1, -0.05) is 38.1 Å². The first-order valence-electron chi connectivity index (χ1n) is 8.36. The Bertz CT molecular complexity index is 385. The average molecular weight is 274 g/mol. The highest BCUT2D eigenvalue weighted by atomic mass is 15.2. The monoisotopic (exact) mass is 274 g/mol. The van der Waals surface area contributed by atoms with Crippen LogP contribution < -0.4 is 5.32 Å². The summed E-state index contributed by atoms with van der Waals surface area (Å²) >= 11 is 0. The SMILES string of the molecule is CCCNCCc1ccccc1CN(CCC)C1CC1. The predicted molar refractivity (Wildman–Crippen MR) is 87.0 cm³/mol. The van der Waals surface area contributed by atoms with Crippen molar-refractivity contribution < 1.29 is 0 Å². The number of nitrogens with one attached hydrogen (secondary N) is 1. The summed E-state index contributed by atoms with van der Waals surface area (Å²) in [7, 11) is 0. The molecule has 1 aromatic rings. The molecule has 2 rings (SSSR count). The molecule has 0 bridgehead atoms. The number of nitrogens with zero attached hydrogens (tertiary/aromatic N) is 1. The summed E-state index contributed by atoms with van der Waals surface area (Å²) in [6.45, 7) is 9.12. The zero-order valence-electron chi connectivity index (χ0n) is 13.2. The van der Waals surface area contributed by atoms with E-state index in [1.807, 2.05) is 0 Å². The highest BCUT2D eigenvalue weighted by Gasteiger charge is 2.28. The third-order valence-corrected chi connectivity index (χ3v) is 4.06. The van der Waals surface area contributed by atoms with Gasteiger partial charge >= 0.3 is 0 Å². The summed E-state index contributed by atoms with van der Waals surface area (Å²) in [5, 5.41) is 3.51. The van der Waals surface area contributed by atoms with Crippen molar-refractivity contribution in [2.45, 2.75) is 58.5 Å². The molecule has 20 heavy (non-hydrogen) atoms. The second kappa shape index (κ2) is 8.43. The van der Waals surface area contributed by atoms with E-state index in [0.717, 1.165) is 32.1 Å². The third-order valence-electron chi connectivity index (χ3n) is 4.06. The zero-order valence-corrected chi connectivity index (χ0v) is 13.2. The van der Waals surface area contributed by atoms with Crippen molar-refractivity contribution in [2.24, 2.45) is 0 Å². The van der Waals surface area contributed by atoms with Crippen LogP contribution in [0.3, 0.4) is 0 Å². The summed E-state index contributed by atoms with van der Waals surface area (Å²) in [6, 6.07) is 9.86. The van der Waals surface area contributed by atoms with Crippen molar-refractivity contribution in [3.05, 3.63) is 35.4 Å². The summed E-state index contributed by atoms with van der Waals surface area (Å²) in [4.78, 5) is 2.68. The van der Waals surface area contributed by atoms with Gasteiger partial charge in [0.05, 0.1) is 0 Å².